The van der Waals surface area contributed by atoms with Gasteiger partial charge in [-0.3, -0.25) is 4.79 Å². The Labute approximate surface area is 182 Å². The van der Waals surface area contributed by atoms with E-state index >= 15 is 0 Å². The predicted octanol–water partition coefficient (Wildman–Crippen LogP) is 4.19. The number of hydrogen-bond donors (Lipinski definition) is 2. The number of benzene rings is 3. The van der Waals surface area contributed by atoms with Crippen LogP contribution < -0.4 is 20.1 Å². The fourth-order valence-electron chi connectivity index (χ4n) is 3.09. The van der Waals surface area contributed by atoms with Crippen molar-refractivity contribution in [3.8, 4) is 11.5 Å². The fraction of sp³-hybridized carbons (Fsp3) is 0.208. The standard InChI is InChI=1S/C24H25ClN2O3/c1-17(19-9-5-3-6-10-19)26-15-18-13-21(25)24(22(14-18)29-2)30-16-23(28)27-20-11-7-4-8-12-20/h3-14,17,26H,15-16H2,1-2H3,(H,27,28)/p+1/t17-/m0/s1. The molecule has 0 heterocycles. The van der Waals surface area contributed by atoms with Crippen LogP contribution in [0.1, 0.15) is 24.1 Å². The summed E-state index contributed by atoms with van der Waals surface area (Å²) in [5.41, 5.74) is 2.99. The molecule has 30 heavy (non-hydrogen) atoms. The van der Waals surface area contributed by atoms with Gasteiger partial charge >= 0.3 is 0 Å². The average molecular weight is 426 g/mol. The summed E-state index contributed by atoms with van der Waals surface area (Å²) in [5.74, 6) is 0.599. The number of halogens is 1. The van der Waals surface area contributed by atoms with Crippen LogP contribution in [0.5, 0.6) is 11.5 Å². The number of carbonyl (C=O) groups is 1. The second-order valence-corrected chi connectivity index (χ2v) is 7.36. The first kappa shape index (κ1) is 21.7. The van der Waals surface area contributed by atoms with Crippen molar-refractivity contribution >= 4 is 23.2 Å². The maximum absolute atomic E-state index is 12.2. The molecule has 3 aromatic rings. The second kappa shape index (κ2) is 10.7. The van der Waals surface area contributed by atoms with Gasteiger partial charge in [0.15, 0.2) is 18.1 Å². The summed E-state index contributed by atoms with van der Waals surface area (Å²) >= 11 is 6.44. The lowest BCUT2D eigenvalue weighted by Crippen LogP contribution is -2.83. The smallest absolute Gasteiger partial charge is 0.262 e. The first-order chi connectivity index (χ1) is 14.6. The minimum Gasteiger partial charge on any atom is -0.493 e. The maximum atomic E-state index is 12.2. The number of ether oxygens (including phenoxy) is 2. The normalized spacial score (nSPS) is 11.6. The molecule has 0 saturated heterocycles. The summed E-state index contributed by atoms with van der Waals surface area (Å²) in [6.45, 7) is 2.74. The molecule has 3 rings (SSSR count). The summed E-state index contributed by atoms with van der Waals surface area (Å²) in [7, 11) is 1.56. The summed E-state index contributed by atoms with van der Waals surface area (Å²) in [6, 6.07) is 23.6. The molecule has 0 radical (unpaired) electrons. The first-order valence-electron chi connectivity index (χ1n) is 9.79. The minimum atomic E-state index is -0.270. The van der Waals surface area contributed by atoms with Gasteiger partial charge in [-0.05, 0) is 31.2 Å². The number of nitrogens with two attached hydrogens (primary N) is 1. The molecule has 0 aliphatic rings. The van der Waals surface area contributed by atoms with Gasteiger partial charge in [-0.2, -0.15) is 0 Å². The van der Waals surface area contributed by atoms with Crippen LogP contribution in [0.4, 0.5) is 5.69 Å². The van der Waals surface area contributed by atoms with Crippen molar-refractivity contribution in [1.29, 1.82) is 0 Å². The van der Waals surface area contributed by atoms with Crippen LogP contribution >= 0.6 is 11.6 Å². The summed E-state index contributed by atoms with van der Waals surface area (Å²) in [4.78, 5) is 12.2. The molecule has 5 nitrogen and oxygen atoms in total. The van der Waals surface area contributed by atoms with Gasteiger partial charge in [-0.15, -0.1) is 0 Å². The van der Waals surface area contributed by atoms with E-state index < -0.39 is 0 Å². The van der Waals surface area contributed by atoms with E-state index in [9.17, 15) is 4.79 Å². The zero-order valence-electron chi connectivity index (χ0n) is 17.1. The molecule has 0 unspecified atom stereocenters. The molecule has 3 aromatic carbocycles. The molecular weight excluding hydrogens is 400 g/mol. The molecule has 0 aromatic heterocycles. The lowest BCUT2D eigenvalue weighted by molar-refractivity contribution is -0.707. The molecule has 0 bridgehead atoms. The minimum absolute atomic E-state index is 0.165. The lowest BCUT2D eigenvalue weighted by Gasteiger charge is -2.15. The summed E-state index contributed by atoms with van der Waals surface area (Å²) in [5, 5.41) is 5.42. The van der Waals surface area contributed by atoms with Gasteiger partial charge in [-0.1, -0.05) is 60.1 Å². The molecule has 6 heteroatoms. The Morgan fingerprint density at radius 2 is 1.73 bits per heavy atom. The van der Waals surface area contributed by atoms with E-state index in [0.29, 0.717) is 28.3 Å². The van der Waals surface area contributed by atoms with Gasteiger partial charge in [0.25, 0.3) is 5.91 Å². The topological polar surface area (TPSA) is 64.2 Å². The third-order valence-corrected chi connectivity index (χ3v) is 5.01. The number of para-hydroxylation sites is 1. The maximum Gasteiger partial charge on any atom is 0.262 e. The van der Waals surface area contributed by atoms with Crippen molar-refractivity contribution in [2.75, 3.05) is 19.0 Å². The van der Waals surface area contributed by atoms with Crippen molar-refractivity contribution in [3.05, 3.63) is 88.9 Å². The summed E-state index contributed by atoms with van der Waals surface area (Å²) < 4.78 is 11.1. The first-order valence-corrected chi connectivity index (χ1v) is 10.2. The molecule has 0 aliphatic carbocycles. The Bertz CT molecular complexity index is 965. The van der Waals surface area contributed by atoms with Gasteiger partial charge in [0.05, 0.1) is 12.1 Å². The lowest BCUT2D eigenvalue weighted by atomic mass is 10.1. The van der Waals surface area contributed by atoms with Crippen LogP contribution in [0.2, 0.25) is 5.02 Å². The van der Waals surface area contributed by atoms with E-state index in [1.54, 1.807) is 7.11 Å². The Kier molecular flexibility index (Phi) is 7.71. The molecule has 1 atom stereocenters. The van der Waals surface area contributed by atoms with Gasteiger partial charge in [0.1, 0.15) is 12.6 Å². The van der Waals surface area contributed by atoms with Gasteiger partial charge < -0.3 is 20.1 Å². The Morgan fingerprint density at radius 3 is 2.40 bits per heavy atom. The number of hydrogen-bond acceptors (Lipinski definition) is 3. The number of nitrogens with one attached hydrogen (secondary N) is 1. The van der Waals surface area contributed by atoms with E-state index in [2.05, 4.69) is 29.7 Å². The number of methoxy groups -OCH3 is 1. The van der Waals surface area contributed by atoms with E-state index in [0.717, 1.165) is 12.1 Å². The van der Waals surface area contributed by atoms with Crippen molar-refractivity contribution < 1.29 is 19.6 Å². The molecular formula is C24H26ClN2O3+. The number of anilines is 1. The van der Waals surface area contributed by atoms with E-state index in [4.69, 9.17) is 21.1 Å². The van der Waals surface area contributed by atoms with E-state index in [1.165, 1.54) is 5.56 Å². The van der Waals surface area contributed by atoms with Crippen LogP contribution in [0, 0.1) is 0 Å². The van der Waals surface area contributed by atoms with Gasteiger partial charge in [0.2, 0.25) is 0 Å². The fourth-order valence-corrected chi connectivity index (χ4v) is 3.38. The molecule has 0 aliphatic heterocycles. The highest BCUT2D eigenvalue weighted by Crippen LogP contribution is 2.36. The Balaban J connectivity index is 1.61. The molecule has 156 valence electrons. The van der Waals surface area contributed by atoms with E-state index in [1.807, 2.05) is 60.7 Å². The van der Waals surface area contributed by atoms with Gasteiger partial charge in [-0.25, -0.2) is 0 Å². The Morgan fingerprint density at radius 1 is 1.07 bits per heavy atom. The van der Waals surface area contributed by atoms with Crippen molar-refractivity contribution in [1.82, 2.24) is 0 Å². The molecule has 1 amide bonds. The number of quaternary nitrogens is 1. The third-order valence-electron chi connectivity index (χ3n) is 4.73. The van der Waals surface area contributed by atoms with Crippen LogP contribution in [-0.2, 0) is 11.3 Å². The molecule has 3 N–H and O–H groups in total. The molecule has 0 fully saturated rings. The van der Waals surface area contributed by atoms with Crippen LogP contribution in [-0.4, -0.2) is 19.6 Å². The van der Waals surface area contributed by atoms with Crippen LogP contribution in [0.25, 0.3) is 0 Å². The third kappa shape index (κ3) is 5.99. The highest BCUT2D eigenvalue weighted by atomic mass is 35.5. The van der Waals surface area contributed by atoms with E-state index in [-0.39, 0.29) is 12.5 Å². The molecule has 0 saturated carbocycles. The summed E-state index contributed by atoms with van der Waals surface area (Å²) in [6.07, 6.45) is 0. The number of rotatable bonds is 9. The van der Waals surface area contributed by atoms with Crippen molar-refractivity contribution in [3.63, 3.8) is 0 Å². The van der Waals surface area contributed by atoms with Gasteiger partial charge in [0, 0.05) is 16.8 Å². The zero-order valence-corrected chi connectivity index (χ0v) is 17.9. The Hall–Kier alpha value is -3.02. The van der Waals surface area contributed by atoms with Crippen molar-refractivity contribution in [2.45, 2.75) is 19.5 Å². The monoisotopic (exact) mass is 425 g/mol. The van der Waals surface area contributed by atoms with Crippen LogP contribution in [0.3, 0.4) is 0 Å². The predicted molar refractivity (Wildman–Crippen MR) is 119 cm³/mol. The highest BCUT2D eigenvalue weighted by molar-refractivity contribution is 6.32. The SMILES string of the molecule is COc1cc(C[NH2+][C@@H](C)c2ccccc2)cc(Cl)c1OCC(=O)Nc1ccccc1. The average Bonchev–Trinajstić information content (AvgIpc) is 2.77. The highest BCUT2D eigenvalue weighted by Gasteiger charge is 2.16. The van der Waals surface area contributed by atoms with Crippen molar-refractivity contribution in [2.24, 2.45) is 0 Å². The number of carbonyl (C=O) groups excluding carboxylic acids is 1. The zero-order chi connectivity index (χ0) is 21.3. The second-order valence-electron chi connectivity index (χ2n) is 6.95. The quantitative estimate of drug-likeness (QED) is 0.540. The molecule has 0 spiro atoms. The van der Waals surface area contributed by atoms with Crippen LogP contribution in [0.15, 0.2) is 72.8 Å². The largest absolute Gasteiger partial charge is 0.493 e. The number of amides is 1.